The Morgan fingerprint density at radius 2 is 1.52 bits per heavy atom. The van der Waals surface area contributed by atoms with Crippen molar-refractivity contribution in [2.75, 3.05) is 20.8 Å². The van der Waals surface area contributed by atoms with E-state index in [1.165, 1.54) is 17.0 Å². The first kappa shape index (κ1) is 32.0. The molecule has 1 aromatic heterocycles. The zero-order valence-electron chi connectivity index (χ0n) is 26.1. The molecule has 1 aliphatic heterocycles. The Hall–Kier alpha value is -5.45. The second-order valence-corrected chi connectivity index (χ2v) is 10.9. The average molecular weight is 627 g/mol. The van der Waals surface area contributed by atoms with E-state index in [0.29, 0.717) is 23.7 Å². The highest BCUT2D eigenvalue weighted by Gasteiger charge is 2.44. The van der Waals surface area contributed by atoms with Crippen molar-refractivity contribution >= 4 is 11.9 Å². The smallest absolute Gasteiger partial charge is 0.315 e. The predicted molar refractivity (Wildman–Crippen MR) is 171 cm³/mol. The first-order valence-electron chi connectivity index (χ1n) is 15.0. The first-order chi connectivity index (χ1) is 22.4. The van der Waals surface area contributed by atoms with Crippen molar-refractivity contribution in [3.05, 3.63) is 124 Å². The SMILES string of the molecule is COc1ccc(CN2C(=O)[C@@H](C)[C@H]2CNC(=O)NCc2cc(=O)c(OCc3ccccc3)cn2OCc2ccccc2)c(OC)c1. The highest BCUT2D eigenvalue weighted by Crippen LogP contribution is 2.32. The van der Waals surface area contributed by atoms with Crippen LogP contribution >= 0.6 is 0 Å². The van der Waals surface area contributed by atoms with E-state index < -0.39 is 6.03 Å². The average Bonchev–Trinajstić information content (AvgIpc) is 3.09. The number of likely N-dealkylation sites (tertiary alicyclic amines) is 1. The van der Waals surface area contributed by atoms with Crippen LogP contribution in [-0.4, -0.2) is 48.4 Å². The zero-order valence-corrected chi connectivity index (χ0v) is 26.1. The fourth-order valence-electron chi connectivity index (χ4n) is 5.21. The number of carbonyl (C=O) groups is 2. The molecule has 240 valence electrons. The summed E-state index contributed by atoms with van der Waals surface area (Å²) in [5.74, 6) is 1.16. The summed E-state index contributed by atoms with van der Waals surface area (Å²) in [6.07, 6.45) is 1.50. The second kappa shape index (κ2) is 15.0. The molecular formula is C35H38N4O7. The number of β-lactam (4-membered cyclic amide) rings is 1. The van der Waals surface area contributed by atoms with Crippen LogP contribution in [0.3, 0.4) is 0 Å². The number of ether oxygens (including phenoxy) is 3. The standard InChI is InChI=1S/C35H38N4O7/c1-24-30(38(34(24)41)20-27-14-15-29(43-2)17-32(27)44-3)19-37-35(42)36-18-28-16-31(40)33(45-22-25-10-6-4-7-11-25)21-39(28)46-23-26-12-8-5-9-13-26/h4-17,21,24,30H,18-20,22-23H2,1-3H3,(H2,36,37,42)/t24-,30+/m0/s1. The molecule has 0 radical (unpaired) electrons. The molecule has 0 saturated carbocycles. The van der Waals surface area contributed by atoms with Crippen molar-refractivity contribution in [2.45, 2.75) is 39.3 Å². The minimum Gasteiger partial charge on any atom is -0.497 e. The summed E-state index contributed by atoms with van der Waals surface area (Å²) in [6.45, 7) is 2.91. The van der Waals surface area contributed by atoms with Crippen molar-refractivity contribution in [3.8, 4) is 17.2 Å². The van der Waals surface area contributed by atoms with Crippen molar-refractivity contribution < 1.29 is 28.6 Å². The lowest BCUT2D eigenvalue weighted by Crippen LogP contribution is -2.63. The van der Waals surface area contributed by atoms with Crippen LogP contribution in [0.4, 0.5) is 4.79 Å². The lowest BCUT2D eigenvalue weighted by atomic mass is 9.88. The van der Waals surface area contributed by atoms with E-state index in [9.17, 15) is 14.4 Å². The van der Waals surface area contributed by atoms with E-state index >= 15 is 0 Å². The molecule has 1 saturated heterocycles. The van der Waals surface area contributed by atoms with Gasteiger partial charge in [0.15, 0.2) is 5.75 Å². The van der Waals surface area contributed by atoms with Gasteiger partial charge in [-0.05, 0) is 23.3 Å². The number of hydrogen-bond donors (Lipinski definition) is 2. The van der Waals surface area contributed by atoms with Gasteiger partial charge in [0.2, 0.25) is 11.3 Å². The Morgan fingerprint density at radius 3 is 2.20 bits per heavy atom. The molecule has 3 aromatic carbocycles. The number of nitrogens with zero attached hydrogens (tertiary/aromatic N) is 2. The first-order valence-corrected chi connectivity index (χ1v) is 15.0. The molecule has 3 amide bonds. The van der Waals surface area contributed by atoms with Crippen molar-refractivity contribution in [1.29, 1.82) is 0 Å². The second-order valence-electron chi connectivity index (χ2n) is 10.9. The predicted octanol–water partition coefficient (Wildman–Crippen LogP) is 3.92. The van der Waals surface area contributed by atoms with Crippen molar-refractivity contribution in [2.24, 2.45) is 5.92 Å². The van der Waals surface area contributed by atoms with Crippen LogP contribution in [-0.2, 0) is 31.1 Å². The number of nitrogens with one attached hydrogen (secondary N) is 2. The van der Waals surface area contributed by atoms with E-state index in [4.69, 9.17) is 19.0 Å². The third-order valence-corrected chi connectivity index (χ3v) is 7.90. The highest BCUT2D eigenvalue weighted by molar-refractivity contribution is 5.86. The van der Waals surface area contributed by atoms with E-state index in [1.54, 1.807) is 25.2 Å². The maximum Gasteiger partial charge on any atom is 0.315 e. The molecule has 1 fully saturated rings. The molecule has 0 aliphatic carbocycles. The molecule has 0 bridgehead atoms. The van der Waals surface area contributed by atoms with Crippen LogP contribution < -0.4 is 35.1 Å². The van der Waals surface area contributed by atoms with Crippen LogP contribution in [0.1, 0.15) is 29.3 Å². The van der Waals surface area contributed by atoms with Crippen LogP contribution in [0, 0.1) is 5.92 Å². The van der Waals surface area contributed by atoms with E-state index in [1.807, 2.05) is 79.7 Å². The zero-order chi connectivity index (χ0) is 32.5. The molecule has 0 spiro atoms. The van der Waals surface area contributed by atoms with Gasteiger partial charge in [0.05, 0.1) is 44.6 Å². The van der Waals surface area contributed by atoms with Crippen molar-refractivity contribution in [3.63, 3.8) is 0 Å². The molecule has 11 heteroatoms. The number of aromatic nitrogens is 1. The van der Waals surface area contributed by atoms with Gasteiger partial charge in [-0.1, -0.05) is 67.6 Å². The summed E-state index contributed by atoms with van der Waals surface area (Å²) in [4.78, 5) is 46.3. The topological polar surface area (TPSA) is 120 Å². The Labute approximate surface area is 267 Å². The fraction of sp³-hybridized carbons (Fsp3) is 0.286. The molecule has 11 nitrogen and oxygen atoms in total. The number of amides is 3. The van der Waals surface area contributed by atoms with E-state index in [0.717, 1.165) is 16.7 Å². The molecule has 46 heavy (non-hydrogen) atoms. The highest BCUT2D eigenvalue weighted by atomic mass is 16.7. The maximum atomic E-state index is 13.0. The molecule has 0 unspecified atom stereocenters. The van der Waals surface area contributed by atoms with Crippen LogP contribution in [0.15, 0.2) is 95.9 Å². The van der Waals surface area contributed by atoms with Gasteiger partial charge in [-0.3, -0.25) is 9.59 Å². The Morgan fingerprint density at radius 1 is 0.826 bits per heavy atom. The lowest BCUT2D eigenvalue weighted by Gasteiger charge is -2.46. The molecular weight excluding hydrogens is 588 g/mol. The summed E-state index contributed by atoms with van der Waals surface area (Å²) in [6, 6.07) is 25.4. The van der Waals surface area contributed by atoms with E-state index in [-0.39, 0.29) is 55.3 Å². The minimum atomic E-state index is -0.444. The largest absolute Gasteiger partial charge is 0.497 e. The number of methoxy groups -OCH3 is 2. The monoisotopic (exact) mass is 626 g/mol. The quantitative estimate of drug-likeness (QED) is 0.204. The number of carbonyl (C=O) groups excluding carboxylic acids is 2. The molecule has 4 aromatic rings. The number of hydrogen-bond acceptors (Lipinski definition) is 7. The van der Waals surface area contributed by atoms with Crippen molar-refractivity contribution in [1.82, 2.24) is 20.3 Å². The normalized spacial score (nSPS) is 15.5. The van der Waals surface area contributed by atoms with Crippen LogP contribution in [0.2, 0.25) is 0 Å². The third kappa shape index (κ3) is 7.79. The Kier molecular flexibility index (Phi) is 10.4. The molecule has 2 heterocycles. The molecule has 2 atom stereocenters. The van der Waals surface area contributed by atoms with Gasteiger partial charge in [-0.2, -0.15) is 4.73 Å². The number of pyridine rings is 1. The van der Waals surface area contributed by atoms with Gasteiger partial charge in [0, 0.05) is 30.8 Å². The third-order valence-electron chi connectivity index (χ3n) is 7.90. The van der Waals surface area contributed by atoms with Gasteiger partial charge in [-0.25, -0.2) is 4.79 Å². The van der Waals surface area contributed by atoms with Crippen LogP contribution in [0.25, 0.3) is 0 Å². The molecule has 1 aliphatic rings. The summed E-state index contributed by atoms with van der Waals surface area (Å²) >= 11 is 0. The minimum absolute atomic E-state index is 0.000709. The number of rotatable bonds is 14. The fourth-order valence-corrected chi connectivity index (χ4v) is 5.21. The number of benzene rings is 3. The summed E-state index contributed by atoms with van der Waals surface area (Å²) in [5.41, 5.74) is 2.79. The number of urea groups is 1. The molecule has 5 rings (SSSR count). The van der Waals surface area contributed by atoms with E-state index in [2.05, 4.69) is 10.6 Å². The maximum absolute atomic E-state index is 13.0. The van der Waals surface area contributed by atoms with Gasteiger partial charge < -0.3 is 34.6 Å². The van der Waals surface area contributed by atoms with Gasteiger partial charge in [0.1, 0.15) is 24.7 Å². The Balaban J connectivity index is 1.21. The lowest BCUT2D eigenvalue weighted by molar-refractivity contribution is -0.155. The van der Waals surface area contributed by atoms with Gasteiger partial charge in [-0.15, -0.1) is 0 Å². The van der Waals surface area contributed by atoms with Gasteiger partial charge in [0.25, 0.3) is 0 Å². The summed E-state index contributed by atoms with van der Waals surface area (Å²) in [5, 5.41) is 5.66. The summed E-state index contributed by atoms with van der Waals surface area (Å²) < 4.78 is 18.0. The molecule has 2 N–H and O–H groups in total. The Bertz CT molecular complexity index is 1690. The summed E-state index contributed by atoms with van der Waals surface area (Å²) in [7, 11) is 3.15. The van der Waals surface area contributed by atoms with Gasteiger partial charge >= 0.3 is 6.03 Å². The van der Waals surface area contributed by atoms with Crippen LogP contribution in [0.5, 0.6) is 17.2 Å².